The van der Waals surface area contributed by atoms with Crippen molar-refractivity contribution in [2.45, 2.75) is 30.2 Å². The third-order valence-corrected chi connectivity index (χ3v) is 5.61. The van der Waals surface area contributed by atoms with Gasteiger partial charge in [-0.25, -0.2) is 9.36 Å². The van der Waals surface area contributed by atoms with Gasteiger partial charge in [0.2, 0.25) is 5.13 Å². The fourth-order valence-corrected chi connectivity index (χ4v) is 3.72. The van der Waals surface area contributed by atoms with Crippen molar-refractivity contribution in [3.63, 3.8) is 0 Å². The van der Waals surface area contributed by atoms with Gasteiger partial charge in [0.15, 0.2) is 0 Å². The normalized spacial score (nSPS) is 15.9. The maximum Gasteiger partial charge on any atom is 0.332 e. The Bertz CT molecular complexity index is 925. The minimum atomic E-state index is -0.233. The molecule has 2 aromatic heterocycles. The van der Waals surface area contributed by atoms with E-state index in [2.05, 4.69) is 26.0 Å². The number of aromatic nitrogens is 4. The molecule has 0 unspecified atom stereocenters. The number of fused-ring (bicyclic) bond motifs is 1. The molecule has 1 saturated carbocycles. The standard InChI is InChI=1S/C14H15N5O2S2/c1-14(5-6-14)18-22-8-3-4-9-10(7-8)19(12(20)15-9)13-16-11(21-2)17-23-13/h3-4,7,18H,5-6H2,1-2H3,(H,15,20). The molecule has 0 bridgehead atoms. The maximum absolute atomic E-state index is 12.3. The highest BCUT2D eigenvalue weighted by Gasteiger charge is 2.37. The second-order valence-corrected chi connectivity index (χ2v) is 7.38. The van der Waals surface area contributed by atoms with Crippen molar-refractivity contribution in [2.75, 3.05) is 7.11 Å². The SMILES string of the molecule is COc1nsc(-n2c(=O)[nH]c3ccc(SNC4(C)CC4)cc32)n1. The van der Waals surface area contributed by atoms with E-state index < -0.39 is 0 Å². The fraction of sp³-hybridized carbons (Fsp3) is 0.357. The molecular weight excluding hydrogens is 334 g/mol. The Morgan fingerprint density at radius 2 is 2.30 bits per heavy atom. The summed E-state index contributed by atoms with van der Waals surface area (Å²) in [7, 11) is 1.50. The van der Waals surface area contributed by atoms with Crippen molar-refractivity contribution in [3.8, 4) is 11.1 Å². The van der Waals surface area contributed by atoms with E-state index in [9.17, 15) is 4.79 Å². The van der Waals surface area contributed by atoms with Crippen LogP contribution in [-0.4, -0.2) is 31.6 Å². The number of aromatic amines is 1. The summed E-state index contributed by atoms with van der Waals surface area (Å²) in [6.45, 7) is 2.21. The molecule has 0 radical (unpaired) electrons. The van der Waals surface area contributed by atoms with Gasteiger partial charge in [0.1, 0.15) is 0 Å². The summed E-state index contributed by atoms with van der Waals surface area (Å²) in [4.78, 5) is 20.4. The molecule has 0 aliphatic heterocycles. The van der Waals surface area contributed by atoms with Crippen molar-refractivity contribution in [2.24, 2.45) is 0 Å². The number of methoxy groups -OCH3 is 1. The van der Waals surface area contributed by atoms with Crippen molar-refractivity contribution in [1.29, 1.82) is 0 Å². The summed E-state index contributed by atoms with van der Waals surface area (Å²) in [5.74, 6) is 0. The number of hydrogen-bond donors (Lipinski definition) is 2. The molecule has 9 heteroatoms. The van der Waals surface area contributed by atoms with E-state index in [1.54, 1.807) is 11.9 Å². The van der Waals surface area contributed by atoms with Crippen molar-refractivity contribution >= 4 is 34.5 Å². The first kappa shape index (κ1) is 14.7. The third kappa shape index (κ3) is 2.75. The number of ether oxygens (including phenoxy) is 1. The summed E-state index contributed by atoms with van der Waals surface area (Å²) in [6, 6.07) is 6.14. The topological polar surface area (TPSA) is 84.8 Å². The molecule has 0 saturated heterocycles. The number of nitrogens with one attached hydrogen (secondary N) is 2. The van der Waals surface area contributed by atoms with Gasteiger partial charge in [-0.2, -0.15) is 4.98 Å². The second-order valence-electron chi connectivity index (χ2n) is 5.77. The number of nitrogens with zero attached hydrogens (tertiary/aromatic N) is 3. The van der Waals surface area contributed by atoms with E-state index in [4.69, 9.17) is 4.74 Å². The number of H-pyrrole nitrogens is 1. The Balaban J connectivity index is 1.73. The Morgan fingerprint density at radius 3 is 3.00 bits per heavy atom. The number of hydrogen-bond acceptors (Lipinski definition) is 7. The largest absolute Gasteiger partial charge is 0.466 e. The summed E-state index contributed by atoms with van der Waals surface area (Å²) >= 11 is 2.72. The molecule has 4 rings (SSSR count). The highest BCUT2D eigenvalue weighted by atomic mass is 32.2. The zero-order valence-corrected chi connectivity index (χ0v) is 14.3. The molecule has 0 amide bonds. The van der Waals surface area contributed by atoms with Crippen LogP contribution in [0.2, 0.25) is 0 Å². The lowest BCUT2D eigenvalue weighted by atomic mass is 10.3. The quantitative estimate of drug-likeness (QED) is 0.688. The van der Waals surface area contributed by atoms with Gasteiger partial charge in [0.25, 0.3) is 0 Å². The van der Waals surface area contributed by atoms with E-state index in [0.29, 0.717) is 5.13 Å². The lowest BCUT2D eigenvalue weighted by molar-refractivity contribution is 0.385. The Morgan fingerprint density at radius 1 is 1.48 bits per heavy atom. The number of rotatable bonds is 5. The molecule has 0 spiro atoms. The summed E-state index contributed by atoms with van der Waals surface area (Å²) in [5.41, 5.74) is 1.56. The van der Waals surface area contributed by atoms with Gasteiger partial charge in [-0.3, -0.25) is 4.72 Å². The molecule has 1 aliphatic carbocycles. The van der Waals surface area contributed by atoms with Crippen LogP contribution < -0.4 is 15.1 Å². The lowest BCUT2D eigenvalue weighted by Crippen LogP contribution is -2.19. The van der Waals surface area contributed by atoms with Crippen LogP contribution in [0.5, 0.6) is 6.01 Å². The predicted molar refractivity (Wildman–Crippen MR) is 90.5 cm³/mol. The molecule has 0 atom stereocenters. The van der Waals surface area contributed by atoms with Crippen molar-refractivity contribution < 1.29 is 4.74 Å². The minimum Gasteiger partial charge on any atom is -0.466 e. The third-order valence-electron chi connectivity index (χ3n) is 3.84. The van der Waals surface area contributed by atoms with E-state index in [0.717, 1.165) is 27.5 Å². The van der Waals surface area contributed by atoms with Crippen LogP contribution in [0.3, 0.4) is 0 Å². The van der Waals surface area contributed by atoms with Crippen LogP contribution in [0.15, 0.2) is 27.9 Å². The zero-order valence-electron chi connectivity index (χ0n) is 12.6. The van der Waals surface area contributed by atoms with Gasteiger partial charge in [-0.1, -0.05) is 0 Å². The van der Waals surface area contributed by atoms with E-state index >= 15 is 0 Å². The van der Waals surface area contributed by atoms with Crippen LogP contribution >= 0.6 is 23.5 Å². The number of imidazole rings is 1. The van der Waals surface area contributed by atoms with Gasteiger partial charge in [0.05, 0.1) is 18.1 Å². The molecule has 2 N–H and O–H groups in total. The van der Waals surface area contributed by atoms with Crippen LogP contribution in [0.25, 0.3) is 16.2 Å². The molecule has 1 fully saturated rings. The Kier molecular flexibility index (Phi) is 3.43. The van der Waals surface area contributed by atoms with E-state index in [1.165, 1.54) is 24.5 Å². The first-order valence-corrected chi connectivity index (χ1v) is 8.74. The van der Waals surface area contributed by atoms with Gasteiger partial charge in [-0.05, 0) is 49.9 Å². The van der Waals surface area contributed by atoms with Crippen LogP contribution in [0, 0.1) is 0 Å². The van der Waals surface area contributed by atoms with Gasteiger partial charge in [-0.15, -0.1) is 4.37 Å². The highest BCUT2D eigenvalue weighted by Crippen LogP contribution is 2.37. The first-order chi connectivity index (χ1) is 11.1. The molecule has 1 aliphatic rings. The zero-order chi connectivity index (χ0) is 16.0. The predicted octanol–water partition coefficient (Wildman–Crippen LogP) is 2.33. The van der Waals surface area contributed by atoms with Crippen LogP contribution in [0.4, 0.5) is 0 Å². The molecule has 23 heavy (non-hydrogen) atoms. The van der Waals surface area contributed by atoms with Gasteiger partial charge >= 0.3 is 11.7 Å². The van der Waals surface area contributed by atoms with Crippen molar-refractivity contribution in [1.82, 2.24) is 23.6 Å². The maximum atomic E-state index is 12.3. The van der Waals surface area contributed by atoms with Gasteiger partial charge < -0.3 is 9.72 Å². The molecule has 120 valence electrons. The average molecular weight is 349 g/mol. The van der Waals surface area contributed by atoms with Crippen LogP contribution in [0.1, 0.15) is 19.8 Å². The molecule has 3 aromatic rings. The highest BCUT2D eigenvalue weighted by molar-refractivity contribution is 7.97. The lowest BCUT2D eigenvalue weighted by Gasteiger charge is -2.10. The average Bonchev–Trinajstić information content (AvgIpc) is 2.97. The molecule has 1 aromatic carbocycles. The van der Waals surface area contributed by atoms with E-state index in [-0.39, 0.29) is 17.2 Å². The fourth-order valence-electron chi connectivity index (χ4n) is 2.18. The summed E-state index contributed by atoms with van der Waals surface area (Å²) < 4.78 is 14.0. The summed E-state index contributed by atoms with van der Waals surface area (Å²) in [6.07, 6.45) is 2.39. The number of benzene rings is 1. The second kappa shape index (κ2) is 5.36. The van der Waals surface area contributed by atoms with E-state index in [1.807, 2.05) is 18.2 Å². The van der Waals surface area contributed by atoms with Crippen molar-refractivity contribution in [3.05, 3.63) is 28.7 Å². The van der Waals surface area contributed by atoms with Crippen LogP contribution in [-0.2, 0) is 0 Å². The first-order valence-electron chi connectivity index (χ1n) is 7.15. The monoisotopic (exact) mass is 349 g/mol. The molecule has 7 nitrogen and oxygen atoms in total. The minimum absolute atomic E-state index is 0.233. The van der Waals surface area contributed by atoms with Gasteiger partial charge in [0, 0.05) is 22.0 Å². The molecule has 2 heterocycles. The Labute approximate surface area is 140 Å². The summed E-state index contributed by atoms with van der Waals surface area (Å²) in [5, 5.41) is 0.488. The smallest absolute Gasteiger partial charge is 0.332 e. The molecular formula is C14H15N5O2S2. The Hall–Kier alpha value is -1.84.